The van der Waals surface area contributed by atoms with Crippen molar-refractivity contribution in [3.63, 3.8) is 0 Å². The highest BCUT2D eigenvalue weighted by molar-refractivity contribution is 5.71. The molecular weight excluding hydrogens is 269 g/mol. The van der Waals surface area contributed by atoms with Crippen molar-refractivity contribution >= 4 is 0 Å². The third-order valence-corrected chi connectivity index (χ3v) is 2.70. The van der Waals surface area contributed by atoms with Crippen LogP contribution >= 0.6 is 0 Å². The van der Waals surface area contributed by atoms with Crippen LogP contribution < -0.4 is 4.74 Å². The molecule has 0 spiro atoms. The molecule has 102 valence electrons. The third-order valence-electron chi connectivity index (χ3n) is 2.70. The zero-order valence-corrected chi connectivity index (χ0v) is 10.4. The van der Waals surface area contributed by atoms with Crippen LogP contribution in [0.4, 0.5) is 13.2 Å². The standard InChI is InChI=1S/C14H9F3N2O/c1-20-12-6-9(7-18)2-4-11(12)10-3-5-13(19-8-10)14(15,16)17/h2-6,8H,1H3. The summed E-state index contributed by atoms with van der Waals surface area (Å²) in [5, 5.41) is 8.80. The quantitative estimate of drug-likeness (QED) is 0.842. The number of ether oxygens (including phenoxy) is 1. The highest BCUT2D eigenvalue weighted by Gasteiger charge is 2.32. The number of rotatable bonds is 2. The molecule has 1 aromatic carbocycles. The van der Waals surface area contributed by atoms with E-state index in [4.69, 9.17) is 10.00 Å². The van der Waals surface area contributed by atoms with Crippen LogP contribution in [-0.2, 0) is 6.18 Å². The maximum Gasteiger partial charge on any atom is 0.433 e. The molecule has 0 saturated carbocycles. The summed E-state index contributed by atoms with van der Waals surface area (Å²) < 4.78 is 42.5. The van der Waals surface area contributed by atoms with Crippen LogP contribution in [0, 0.1) is 11.3 Å². The summed E-state index contributed by atoms with van der Waals surface area (Å²) in [6, 6.07) is 8.89. The van der Waals surface area contributed by atoms with Crippen molar-refractivity contribution in [2.45, 2.75) is 6.18 Å². The first-order valence-electron chi connectivity index (χ1n) is 5.57. The summed E-state index contributed by atoms with van der Waals surface area (Å²) >= 11 is 0. The Labute approximate surface area is 113 Å². The van der Waals surface area contributed by atoms with Crippen LogP contribution in [0.15, 0.2) is 36.5 Å². The Morgan fingerprint density at radius 1 is 1.20 bits per heavy atom. The zero-order valence-electron chi connectivity index (χ0n) is 10.4. The lowest BCUT2D eigenvalue weighted by molar-refractivity contribution is -0.141. The number of hydrogen-bond acceptors (Lipinski definition) is 3. The summed E-state index contributed by atoms with van der Waals surface area (Å²) in [6.45, 7) is 0. The number of nitrogens with zero attached hydrogens (tertiary/aromatic N) is 2. The van der Waals surface area contributed by atoms with Gasteiger partial charge in [-0.05, 0) is 24.3 Å². The van der Waals surface area contributed by atoms with Gasteiger partial charge in [0.25, 0.3) is 0 Å². The Bertz CT molecular complexity index is 658. The van der Waals surface area contributed by atoms with Gasteiger partial charge in [-0.3, -0.25) is 4.98 Å². The van der Waals surface area contributed by atoms with Gasteiger partial charge in [0.05, 0.1) is 18.7 Å². The molecule has 0 aliphatic rings. The molecule has 0 aliphatic carbocycles. The number of benzene rings is 1. The summed E-state index contributed by atoms with van der Waals surface area (Å²) in [7, 11) is 1.43. The first-order valence-corrected chi connectivity index (χ1v) is 5.57. The van der Waals surface area contributed by atoms with Crippen LogP contribution in [-0.4, -0.2) is 12.1 Å². The average Bonchev–Trinajstić information content (AvgIpc) is 2.45. The molecule has 3 nitrogen and oxygen atoms in total. The van der Waals surface area contributed by atoms with Gasteiger partial charge >= 0.3 is 6.18 Å². The Balaban J connectivity index is 2.44. The topological polar surface area (TPSA) is 45.9 Å². The van der Waals surface area contributed by atoms with E-state index in [2.05, 4.69) is 4.98 Å². The largest absolute Gasteiger partial charge is 0.496 e. The molecular formula is C14H9F3N2O. The normalized spacial score (nSPS) is 10.9. The average molecular weight is 278 g/mol. The molecule has 0 unspecified atom stereocenters. The van der Waals surface area contributed by atoms with Crippen LogP contribution in [0.5, 0.6) is 5.75 Å². The smallest absolute Gasteiger partial charge is 0.433 e. The first-order chi connectivity index (χ1) is 9.45. The molecule has 0 fully saturated rings. The molecule has 0 amide bonds. The van der Waals surface area contributed by atoms with Crippen molar-refractivity contribution in [2.24, 2.45) is 0 Å². The fourth-order valence-corrected chi connectivity index (χ4v) is 1.72. The Morgan fingerprint density at radius 3 is 2.45 bits per heavy atom. The highest BCUT2D eigenvalue weighted by atomic mass is 19.4. The number of alkyl halides is 3. The lowest BCUT2D eigenvalue weighted by atomic mass is 10.0. The van der Waals surface area contributed by atoms with Crippen molar-refractivity contribution < 1.29 is 17.9 Å². The number of hydrogen-bond donors (Lipinski definition) is 0. The Hall–Kier alpha value is -2.55. The molecule has 2 rings (SSSR count). The van der Waals surface area contributed by atoms with Crippen LogP contribution in [0.3, 0.4) is 0 Å². The minimum atomic E-state index is -4.46. The molecule has 0 aliphatic heterocycles. The summed E-state index contributed by atoms with van der Waals surface area (Å²) in [6.07, 6.45) is -3.33. The second-order valence-corrected chi connectivity index (χ2v) is 3.96. The lowest BCUT2D eigenvalue weighted by Gasteiger charge is -2.10. The van der Waals surface area contributed by atoms with Crippen LogP contribution in [0.1, 0.15) is 11.3 Å². The van der Waals surface area contributed by atoms with E-state index in [1.807, 2.05) is 6.07 Å². The summed E-state index contributed by atoms with van der Waals surface area (Å²) in [4.78, 5) is 3.40. The van der Waals surface area contributed by atoms with Gasteiger partial charge in [-0.15, -0.1) is 0 Å². The molecule has 1 aromatic heterocycles. The predicted molar refractivity (Wildman–Crippen MR) is 65.9 cm³/mol. The summed E-state index contributed by atoms with van der Waals surface area (Å²) in [5.41, 5.74) is 0.520. The number of methoxy groups -OCH3 is 1. The molecule has 0 saturated heterocycles. The van der Waals surface area contributed by atoms with E-state index in [1.165, 1.54) is 19.2 Å². The van der Waals surface area contributed by atoms with Crippen molar-refractivity contribution in [1.82, 2.24) is 4.98 Å². The van der Waals surface area contributed by atoms with Crippen molar-refractivity contribution in [2.75, 3.05) is 7.11 Å². The summed E-state index contributed by atoms with van der Waals surface area (Å²) in [5.74, 6) is 0.408. The highest BCUT2D eigenvalue weighted by Crippen LogP contribution is 2.33. The van der Waals surface area contributed by atoms with Gasteiger partial charge in [-0.1, -0.05) is 6.07 Å². The number of aromatic nitrogens is 1. The maximum atomic E-state index is 12.4. The second-order valence-electron chi connectivity index (χ2n) is 3.96. The van der Waals surface area contributed by atoms with E-state index >= 15 is 0 Å². The van der Waals surface area contributed by atoms with Gasteiger partial charge in [0.2, 0.25) is 0 Å². The van der Waals surface area contributed by atoms with Gasteiger partial charge in [0, 0.05) is 17.3 Å². The van der Waals surface area contributed by atoms with E-state index in [0.717, 1.165) is 12.3 Å². The van der Waals surface area contributed by atoms with E-state index in [9.17, 15) is 13.2 Å². The van der Waals surface area contributed by atoms with E-state index in [0.29, 0.717) is 22.4 Å². The minimum absolute atomic E-state index is 0.408. The van der Waals surface area contributed by atoms with Crippen molar-refractivity contribution in [3.8, 4) is 22.9 Å². The SMILES string of the molecule is COc1cc(C#N)ccc1-c1ccc(C(F)(F)F)nc1. The molecule has 0 N–H and O–H groups in total. The van der Waals surface area contributed by atoms with Crippen LogP contribution in [0.25, 0.3) is 11.1 Å². The molecule has 20 heavy (non-hydrogen) atoms. The Morgan fingerprint density at radius 2 is 1.95 bits per heavy atom. The zero-order chi connectivity index (χ0) is 14.8. The molecule has 0 bridgehead atoms. The molecule has 0 radical (unpaired) electrons. The second kappa shape index (κ2) is 5.21. The number of pyridine rings is 1. The Kier molecular flexibility index (Phi) is 3.61. The fourth-order valence-electron chi connectivity index (χ4n) is 1.72. The monoisotopic (exact) mass is 278 g/mol. The van der Waals surface area contributed by atoms with Gasteiger partial charge in [0.1, 0.15) is 11.4 Å². The van der Waals surface area contributed by atoms with E-state index in [-0.39, 0.29) is 0 Å². The first kappa shape index (κ1) is 13.9. The molecule has 2 aromatic rings. The minimum Gasteiger partial charge on any atom is -0.496 e. The van der Waals surface area contributed by atoms with Gasteiger partial charge < -0.3 is 4.74 Å². The molecule has 6 heteroatoms. The number of nitriles is 1. The van der Waals surface area contributed by atoms with Gasteiger partial charge in [0.15, 0.2) is 0 Å². The maximum absolute atomic E-state index is 12.4. The fraction of sp³-hybridized carbons (Fsp3) is 0.143. The van der Waals surface area contributed by atoms with Crippen molar-refractivity contribution in [3.05, 3.63) is 47.8 Å². The van der Waals surface area contributed by atoms with Crippen molar-refractivity contribution in [1.29, 1.82) is 5.26 Å². The van der Waals surface area contributed by atoms with Gasteiger partial charge in [-0.25, -0.2) is 0 Å². The molecule has 0 atom stereocenters. The van der Waals surface area contributed by atoms with E-state index < -0.39 is 11.9 Å². The van der Waals surface area contributed by atoms with Crippen LogP contribution in [0.2, 0.25) is 0 Å². The predicted octanol–water partition coefficient (Wildman–Crippen LogP) is 3.65. The van der Waals surface area contributed by atoms with Gasteiger partial charge in [-0.2, -0.15) is 18.4 Å². The lowest BCUT2D eigenvalue weighted by Crippen LogP contribution is -2.07. The number of halogens is 3. The third kappa shape index (κ3) is 2.72. The van der Waals surface area contributed by atoms with E-state index in [1.54, 1.807) is 12.1 Å². The molecule has 1 heterocycles.